The molecule has 0 aliphatic heterocycles. The fourth-order valence-corrected chi connectivity index (χ4v) is 0.539. The van der Waals surface area contributed by atoms with Crippen molar-refractivity contribution in [2.24, 2.45) is 0 Å². The summed E-state index contributed by atoms with van der Waals surface area (Å²) in [5.74, 6) is 0. The number of carbonyl (C=O) groups is 1. The molecule has 0 unspecified atom stereocenters. The molecule has 0 heterocycles. The summed E-state index contributed by atoms with van der Waals surface area (Å²) in [4.78, 5) is 10.0. The Hall–Kier alpha value is 0.269. The predicted octanol–water partition coefficient (Wildman–Crippen LogP) is 0.434. The van der Waals surface area contributed by atoms with E-state index in [4.69, 9.17) is 0 Å². The van der Waals surface area contributed by atoms with Crippen molar-refractivity contribution < 1.29 is 9.53 Å². The zero-order chi connectivity index (χ0) is 5.70. The molecule has 0 saturated carbocycles. The molecular weight excluding hydrogens is 199 g/mol. The summed E-state index contributed by atoms with van der Waals surface area (Å²) in [6, 6.07) is 0. The van der Waals surface area contributed by atoms with Crippen LogP contribution in [-0.4, -0.2) is 33.1 Å². The summed E-state index contributed by atoms with van der Waals surface area (Å²) in [7, 11) is 0. The van der Waals surface area contributed by atoms with Gasteiger partial charge in [-0.2, -0.15) is 0 Å². The average Bonchev–Trinajstić information content (AvgIpc) is 1.61. The van der Waals surface area contributed by atoms with E-state index in [-0.39, 0.29) is 3.99 Å². The van der Waals surface area contributed by atoms with Gasteiger partial charge in [0.25, 0.3) is 0 Å². The maximum absolute atomic E-state index is 10.0. The van der Waals surface area contributed by atoms with Gasteiger partial charge in [0.05, 0.1) is 0 Å². The number of carbonyl (C=O) groups excluding carboxylic acids is 1. The van der Waals surface area contributed by atoms with E-state index < -0.39 is 0 Å². The van der Waals surface area contributed by atoms with Gasteiger partial charge in [0.2, 0.25) is 0 Å². The second-order valence-corrected chi connectivity index (χ2v) is 2.51. The van der Waals surface area contributed by atoms with Crippen LogP contribution in [0.15, 0.2) is 0 Å². The Morgan fingerprint density at radius 1 is 1.86 bits per heavy atom. The molecule has 0 aliphatic carbocycles. The molecule has 0 aromatic rings. The van der Waals surface area contributed by atoms with Crippen molar-refractivity contribution in [3.63, 3.8) is 0 Å². The molecule has 0 N–H and O–H groups in total. The van der Waals surface area contributed by atoms with Crippen LogP contribution in [0.25, 0.3) is 0 Å². The molecule has 0 saturated heterocycles. The summed E-state index contributed by atoms with van der Waals surface area (Å²) in [6.45, 7) is 2.56. The average molecular weight is 207 g/mol. The van der Waals surface area contributed by atoms with Crippen LogP contribution < -0.4 is 0 Å². The molecule has 7 heavy (non-hydrogen) atoms. The monoisotopic (exact) mass is 208 g/mol. The van der Waals surface area contributed by atoms with Gasteiger partial charge in [0.1, 0.15) is 0 Å². The van der Waals surface area contributed by atoms with Crippen molar-refractivity contribution >= 4 is 26.5 Å². The van der Waals surface area contributed by atoms with Crippen LogP contribution in [0, 0.1) is 0 Å². The molecule has 0 aromatic carbocycles. The zero-order valence-electron chi connectivity index (χ0n) is 4.31. The van der Waals surface area contributed by atoms with E-state index >= 15 is 0 Å². The molecule has 0 aliphatic rings. The minimum absolute atomic E-state index is 0.0627. The van der Waals surface area contributed by atoms with E-state index in [1.807, 2.05) is 6.92 Å². The van der Waals surface area contributed by atoms with E-state index in [0.29, 0.717) is 29.1 Å². The first-order chi connectivity index (χ1) is 3.27. The molecule has 0 atom stereocenters. The van der Waals surface area contributed by atoms with Crippen LogP contribution in [0.3, 0.4) is 0 Å². The first-order valence-electron chi connectivity index (χ1n) is 2.19. The van der Waals surface area contributed by atoms with E-state index in [2.05, 4.69) is 4.74 Å². The van der Waals surface area contributed by atoms with E-state index in [0.717, 1.165) is 6.42 Å². The van der Waals surface area contributed by atoms with Crippen LogP contribution >= 0.6 is 0 Å². The molecule has 0 rings (SSSR count). The standard InChI is InChI=1S/C4H7O2.Sn.H/c1-2-3-6-4-5;;/h2-3H2,1H3;;. The Bertz CT molecular complexity index is 62.7. The van der Waals surface area contributed by atoms with Crippen LogP contribution in [0.1, 0.15) is 13.3 Å². The predicted molar refractivity (Wildman–Crippen MR) is 28.8 cm³/mol. The second kappa shape index (κ2) is 4.43. The van der Waals surface area contributed by atoms with Crippen LogP contribution in [0.2, 0.25) is 0 Å². The number of rotatable bonds is 2. The van der Waals surface area contributed by atoms with Crippen molar-refractivity contribution in [1.29, 1.82) is 0 Å². The van der Waals surface area contributed by atoms with Gasteiger partial charge < -0.3 is 0 Å². The molecule has 0 spiro atoms. The molecule has 2 nitrogen and oxygen atoms in total. The van der Waals surface area contributed by atoms with Crippen LogP contribution in [-0.2, 0) is 4.74 Å². The number of ether oxygens (including phenoxy) is 1. The quantitative estimate of drug-likeness (QED) is 0.613. The van der Waals surface area contributed by atoms with Crippen molar-refractivity contribution in [2.75, 3.05) is 6.61 Å². The fourth-order valence-electron chi connectivity index (χ4n) is 0.203. The molecule has 0 bridgehead atoms. The van der Waals surface area contributed by atoms with Crippen LogP contribution in [0.5, 0.6) is 0 Å². The topological polar surface area (TPSA) is 26.3 Å². The third-order valence-corrected chi connectivity index (χ3v) is 0.924. The van der Waals surface area contributed by atoms with E-state index in [1.54, 1.807) is 0 Å². The number of hydrogen-bond donors (Lipinski definition) is 0. The zero-order valence-corrected chi connectivity index (χ0v) is 7.60. The Balaban J connectivity index is 2.82. The maximum atomic E-state index is 10.0. The van der Waals surface area contributed by atoms with Gasteiger partial charge in [-0.05, 0) is 0 Å². The number of hydrogen-bond acceptors (Lipinski definition) is 2. The normalized spacial score (nSPS) is 8.29. The van der Waals surface area contributed by atoms with Gasteiger partial charge in [-0.1, -0.05) is 0 Å². The van der Waals surface area contributed by atoms with Crippen molar-refractivity contribution in [3.05, 3.63) is 0 Å². The molecule has 2 radical (unpaired) electrons. The molecule has 0 amide bonds. The van der Waals surface area contributed by atoms with Gasteiger partial charge >= 0.3 is 56.0 Å². The Labute approximate surface area is 56.3 Å². The summed E-state index contributed by atoms with van der Waals surface area (Å²) in [5.41, 5.74) is 0. The van der Waals surface area contributed by atoms with Crippen molar-refractivity contribution in [1.82, 2.24) is 0 Å². The Morgan fingerprint density at radius 2 is 2.43 bits per heavy atom. The summed E-state index contributed by atoms with van der Waals surface area (Å²) in [6.07, 6.45) is 0.923. The Morgan fingerprint density at radius 3 is 2.57 bits per heavy atom. The SMILES string of the molecule is CCCO[C](=O)[SnH]. The van der Waals surface area contributed by atoms with Gasteiger partial charge in [-0.15, -0.1) is 0 Å². The second-order valence-electron chi connectivity index (χ2n) is 1.17. The molecule has 0 aromatic heterocycles. The fraction of sp³-hybridized carbons (Fsp3) is 0.750. The van der Waals surface area contributed by atoms with Crippen LogP contribution in [0.4, 0.5) is 4.79 Å². The third-order valence-electron chi connectivity index (χ3n) is 0.448. The molecule has 0 fully saturated rings. The van der Waals surface area contributed by atoms with Gasteiger partial charge in [-0.3, -0.25) is 0 Å². The van der Waals surface area contributed by atoms with Gasteiger partial charge in [-0.25, -0.2) is 0 Å². The molecule has 3 heteroatoms. The van der Waals surface area contributed by atoms with E-state index in [9.17, 15) is 4.79 Å². The van der Waals surface area contributed by atoms with Crippen molar-refractivity contribution in [2.45, 2.75) is 13.3 Å². The van der Waals surface area contributed by atoms with Crippen molar-refractivity contribution in [3.8, 4) is 0 Å². The summed E-state index contributed by atoms with van der Waals surface area (Å²) < 4.78 is 4.55. The third kappa shape index (κ3) is 6.27. The first-order valence-corrected chi connectivity index (χ1v) is 3.84. The Kier molecular flexibility index (Phi) is 4.60. The first kappa shape index (κ1) is 7.27. The molecular formula is C4H8O2Sn. The molecule has 40 valence electrons. The summed E-state index contributed by atoms with van der Waals surface area (Å²) >= 11 is 0.579. The summed E-state index contributed by atoms with van der Waals surface area (Å²) in [5, 5.41) is 0. The minimum atomic E-state index is -0.0627. The van der Waals surface area contributed by atoms with Gasteiger partial charge in [0.15, 0.2) is 0 Å². The van der Waals surface area contributed by atoms with E-state index in [1.165, 1.54) is 0 Å². The van der Waals surface area contributed by atoms with Gasteiger partial charge in [0, 0.05) is 0 Å².